The Morgan fingerprint density at radius 3 is 0.798 bits per heavy atom. The minimum atomic E-state index is -0.193. The van der Waals surface area contributed by atoms with E-state index in [0.29, 0.717) is 0 Å². The highest BCUT2D eigenvalue weighted by Gasteiger charge is 2.47. The second-order valence-corrected chi connectivity index (χ2v) is 27.9. The molecule has 2 heteroatoms. The number of hydrogen-bond donors (Lipinski definition) is 0. The highest BCUT2D eigenvalue weighted by atomic mass is 15.1. The first kappa shape index (κ1) is 56.0. The van der Waals surface area contributed by atoms with Crippen molar-refractivity contribution in [2.45, 2.75) is 112 Å². The number of nitrogens with zero attached hydrogens (tertiary/aromatic N) is 2. The Bertz CT molecular complexity index is 4350. The molecule has 0 heterocycles. The van der Waals surface area contributed by atoms with Crippen LogP contribution in [0.3, 0.4) is 0 Å². The SMILES string of the molecule is Cc1cc(C)cc(N(c2cc(C)cc(C)c2)c2ccc3c(c2)C(C)(C)c2cc(/C=C/c4ccc5c(c4)C4(Cc6ccccc6C4)c4cc(/C=C/c6ccc7c(c6)C(C)(C)c6cc(N(c8cc(C)cc(C)c8)c8cc(C)cc(C)c8)ccc6-7)ccc4-5)ccc2-3)c1. The van der Waals surface area contributed by atoms with Crippen molar-refractivity contribution < 1.29 is 0 Å². The summed E-state index contributed by atoms with van der Waals surface area (Å²) in [5.74, 6) is 0. The van der Waals surface area contributed by atoms with Crippen LogP contribution in [0.25, 0.3) is 57.7 Å². The normalized spacial score (nSPS) is 14.8. The van der Waals surface area contributed by atoms with E-state index >= 15 is 0 Å². The summed E-state index contributed by atoms with van der Waals surface area (Å²) in [4.78, 5) is 4.90. The third-order valence-corrected chi connectivity index (χ3v) is 20.2. The van der Waals surface area contributed by atoms with Crippen LogP contribution in [0.5, 0.6) is 0 Å². The van der Waals surface area contributed by atoms with E-state index in [9.17, 15) is 0 Å². The highest BCUT2D eigenvalue weighted by molar-refractivity contribution is 5.91. The summed E-state index contributed by atoms with van der Waals surface area (Å²) in [5, 5.41) is 0. The van der Waals surface area contributed by atoms with Gasteiger partial charge in [-0.05, 0) is 286 Å². The third-order valence-electron chi connectivity index (χ3n) is 20.2. The molecule has 0 radical (unpaired) electrons. The number of fused-ring (bicyclic) bond motifs is 12. The van der Waals surface area contributed by atoms with Crippen LogP contribution >= 0.6 is 0 Å². The third kappa shape index (κ3) is 9.54. The molecule has 0 atom stereocenters. The van der Waals surface area contributed by atoms with Gasteiger partial charge < -0.3 is 9.80 Å². The molecule has 15 rings (SSSR count). The average molecular weight is 1150 g/mol. The predicted octanol–water partition coefficient (Wildman–Crippen LogP) is 23.1. The van der Waals surface area contributed by atoms with E-state index in [1.807, 2.05) is 0 Å². The molecule has 0 aliphatic heterocycles. The van der Waals surface area contributed by atoms with Crippen molar-refractivity contribution in [1.29, 1.82) is 0 Å². The summed E-state index contributed by atoms with van der Waals surface area (Å²) < 4.78 is 0. The summed E-state index contributed by atoms with van der Waals surface area (Å²) in [6.07, 6.45) is 11.3. The van der Waals surface area contributed by atoms with Crippen LogP contribution in [-0.2, 0) is 29.1 Å². The summed E-state index contributed by atoms with van der Waals surface area (Å²) in [7, 11) is 0. The molecule has 0 N–H and O–H groups in total. The molecule has 89 heavy (non-hydrogen) atoms. The van der Waals surface area contributed by atoms with Crippen LogP contribution in [0.15, 0.2) is 206 Å². The Balaban J connectivity index is 0.714. The van der Waals surface area contributed by atoms with Crippen molar-refractivity contribution in [2.24, 2.45) is 0 Å². The number of hydrogen-bond acceptors (Lipinski definition) is 2. The number of rotatable bonds is 10. The van der Waals surface area contributed by atoms with E-state index in [2.05, 4.69) is 323 Å². The lowest BCUT2D eigenvalue weighted by atomic mass is 9.75. The second-order valence-electron chi connectivity index (χ2n) is 27.9. The first-order valence-electron chi connectivity index (χ1n) is 32.0. The lowest BCUT2D eigenvalue weighted by Crippen LogP contribution is -2.26. The van der Waals surface area contributed by atoms with Crippen molar-refractivity contribution in [3.63, 3.8) is 0 Å². The Hall–Kier alpha value is -9.50. The van der Waals surface area contributed by atoms with E-state index in [0.717, 1.165) is 12.8 Å². The van der Waals surface area contributed by atoms with Gasteiger partial charge in [-0.3, -0.25) is 0 Å². The molecule has 4 aliphatic carbocycles. The van der Waals surface area contributed by atoms with Gasteiger partial charge in [0, 0.05) is 50.4 Å². The molecule has 11 aromatic rings. The zero-order valence-electron chi connectivity index (χ0n) is 53.7. The highest BCUT2D eigenvalue weighted by Crippen LogP contribution is 2.57. The van der Waals surface area contributed by atoms with Crippen molar-refractivity contribution in [3.05, 3.63) is 318 Å². The van der Waals surface area contributed by atoms with E-state index in [1.54, 1.807) is 0 Å². The lowest BCUT2D eigenvalue weighted by molar-refractivity contribution is 0.563. The Morgan fingerprint density at radius 1 is 0.258 bits per heavy atom. The molecule has 0 saturated carbocycles. The molecule has 0 unspecified atom stereocenters. The molecule has 0 amide bonds. The van der Waals surface area contributed by atoms with E-state index < -0.39 is 0 Å². The molecular formula is C87H78N2. The van der Waals surface area contributed by atoms with Gasteiger partial charge in [0.2, 0.25) is 0 Å². The van der Waals surface area contributed by atoms with Gasteiger partial charge in [-0.1, -0.05) is 185 Å². The van der Waals surface area contributed by atoms with Gasteiger partial charge in [-0.25, -0.2) is 0 Å². The van der Waals surface area contributed by atoms with Gasteiger partial charge in [0.05, 0.1) is 0 Å². The largest absolute Gasteiger partial charge is 0.310 e. The molecule has 436 valence electrons. The fourth-order valence-corrected chi connectivity index (χ4v) is 16.3. The zero-order chi connectivity index (χ0) is 61.4. The van der Waals surface area contributed by atoms with Crippen LogP contribution in [0.1, 0.15) is 139 Å². The van der Waals surface area contributed by atoms with Gasteiger partial charge in [-0.15, -0.1) is 0 Å². The minimum Gasteiger partial charge on any atom is -0.310 e. The van der Waals surface area contributed by atoms with Gasteiger partial charge in [0.25, 0.3) is 0 Å². The molecule has 0 bridgehead atoms. The monoisotopic (exact) mass is 1150 g/mol. The Morgan fingerprint density at radius 2 is 0.506 bits per heavy atom. The molecule has 1 spiro atoms. The number of aryl methyl sites for hydroxylation is 8. The summed E-state index contributed by atoms with van der Waals surface area (Å²) in [6.45, 7) is 27.2. The maximum Gasteiger partial charge on any atom is 0.0466 e. The van der Waals surface area contributed by atoms with Gasteiger partial charge >= 0.3 is 0 Å². The number of anilines is 6. The molecular weight excluding hydrogens is 1070 g/mol. The maximum atomic E-state index is 2.51. The van der Waals surface area contributed by atoms with Crippen molar-refractivity contribution in [3.8, 4) is 33.4 Å². The van der Waals surface area contributed by atoms with Gasteiger partial charge in [0.15, 0.2) is 0 Å². The topological polar surface area (TPSA) is 6.48 Å². The molecule has 11 aromatic carbocycles. The van der Waals surface area contributed by atoms with Gasteiger partial charge in [-0.2, -0.15) is 0 Å². The average Bonchev–Trinajstić information content (AvgIpc) is 1.57. The second kappa shape index (κ2) is 20.8. The van der Waals surface area contributed by atoms with E-state index in [-0.39, 0.29) is 16.2 Å². The van der Waals surface area contributed by atoms with Crippen LogP contribution < -0.4 is 9.80 Å². The quantitative estimate of drug-likeness (QED) is 0.126. The maximum absolute atomic E-state index is 2.51. The van der Waals surface area contributed by atoms with Crippen LogP contribution in [0.4, 0.5) is 34.1 Å². The van der Waals surface area contributed by atoms with Crippen LogP contribution in [-0.4, -0.2) is 0 Å². The molecule has 2 nitrogen and oxygen atoms in total. The van der Waals surface area contributed by atoms with Gasteiger partial charge in [0.1, 0.15) is 0 Å². The standard InChI is InChI=1S/C87H78N2/c1-53-33-54(2)38-69(37-53)88(70-39-55(3)34-56(4)40-70)67-25-31-75-73-27-21-61(45-79(73)85(9,10)81(75)49-67)17-19-63-23-29-77-78-30-24-64(48-84(78)87(83(77)47-63)51-65-15-13-14-16-66(65)52-87)20-18-62-22-28-74-76-32-26-68(50-82(76)86(11,12)80(74)46-62)89(71-41-57(5)35-58(6)42-71)72-43-59(7)36-60(8)44-72/h13-50H,51-52H2,1-12H3/b19-17+,20-18+. The first-order valence-corrected chi connectivity index (χ1v) is 32.0. The molecule has 0 aromatic heterocycles. The smallest absolute Gasteiger partial charge is 0.0466 e. The van der Waals surface area contributed by atoms with E-state index in [1.165, 1.54) is 179 Å². The Labute approximate surface area is 528 Å². The van der Waals surface area contributed by atoms with Crippen molar-refractivity contribution in [1.82, 2.24) is 0 Å². The lowest BCUT2D eigenvalue weighted by Gasteiger charge is -2.29. The van der Waals surface area contributed by atoms with Crippen molar-refractivity contribution in [2.75, 3.05) is 9.80 Å². The Kier molecular flexibility index (Phi) is 13.1. The number of benzene rings is 11. The zero-order valence-corrected chi connectivity index (χ0v) is 53.7. The summed E-state index contributed by atoms with van der Waals surface area (Å²) >= 11 is 0. The minimum absolute atomic E-state index is 0.148. The molecule has 0 saturated heterocycles. The van der Waals surface area contributed by atoms with Crippen LogP contribution in [0, 0.1) is 55.4 Å². The fourth-order valence-electron chi connectivity index (χ4n) is 16.3. The fraction of sp³-hybridized carbons (Fsp3) is 0.195. The first-order chi connectivity index (χ1) is 42.8. The summed E-state index contributed by atoms with van der Waals surface area (Å²) in [6, 6.07) is 79.7. The molecule has 0 fully saturated rings. The summed E-state index contributed by atoms with van der Waals surface area (Å²) in [5.41, 5.74) is 40.9. The predicted molar refractivity (Wildman–Crippen MR) is 380 cm³/mol. The molecule has 4 aliphatic rings. The van der Waals surface area contributed by atoms with Crippen LogP contribution in [0.2, 0.25) is 0 Å². The van der Waals surface area contributed by atoms with E-state index in [4.69, 9.17) is 0 Å². The van der Waals surface area contributed by atoms with Crippen molar-refractivity contribution >= 4 is 58.4 Å².